The number of aliphatic carboxylic acids is 5. The molecular formula is C89H164N4O22. The molecule has 0 aliphatic rings. The number of carbonyl (C=O) groups is 10. The van der Waals surface area contributed by atoms with Crippen LogP contribution < -0.4 is 5.32 Å². The van der Waals surface area contributed by atoms with Crippen LogP contribution in [0.2, 0.25) is 0 Å². The van der Waals surface area contributed by atoms with Gasteiger partial charge < -0.3 is 64.0 Å². The van der Waals surface area contributed by atoms with Crippen LogP contribution in [0, 0.1) is 0 Å². The number of hydrogen-bond donors (Lipinski definition) is 6. The van der Waals surface area contributed by atoms with Crippen LogP contribution in [0.5, 0.6) is 0 Å². The second-order valence-electron chi connectivity index (χ2n) is 31.7. The van der Waals surface area contributed by atoms with Crippen molar-refractivity contribution in [2.24, 2.45) is 0 Å². The summed E-state index contributed by atoms with van der Waals surface area (Å²) in [6.07, 6.45) is 54.6. The Hall–Kier alpha value is -5.70. The first-order chi connectivity index (χ1) is 55.8. The van der Waals surface area contributed by atoms with Gasteiger partial charge in [-0.2, -0.15) is 0 Å². The quantitative estimate of drug-likeness (QED) is 0.0187. The zero-order valence-corrected chi connectivity index (χ0v) is 72.5. The van der Waals surface area contributed by atoms with Crippen LogP contribution in [0.15, 0.2) is 0 Å². The topological polar surface area (TPSA) is 358 Å². The maximum atomic E-state index is 14.2. The molecule has 26 heteroatoms. The maximum Gasteiger partial charge on any atom is 0.407 e. The summed E-state index contributed by atoms with van der Waals surface area (Å²) >= 11 is 0. The summed E-state index contributed by atoms with van der Waals surface area (Å²) < 4.78 is 42.4. The Morgan fingerprint density at radius 1 is 0.296 bits per heavy atom. The summed E-state index contributed by atoms with van der Waals surface area (Å²) in [5.41, 5.74) is 0. The molecule has 0 aromatic rings. The van der Waals surface area contributed by atoms with Crippen molar-refractivity contribution in [3.63, 3.8) is 0 Å². The van der Waals surface area contributed by atoms with E-state index < -0.39 is 123 Å². The van der Waals surface area contributed by atoms with Gasteiger partial charge in [-0.1, -0.05) is 336 Å². The average Bonchev–Trinajstić information content (AvgIpc) is 0.934. The van der Waals surface area contributed by atoms with Crippen LogP contribution in [0.1, 0.15) is 387 Å². The Kier molecular flexibility index (Phi) is 76.7. The van der Waals surface area contributed by atoms with Crippen LogP contribution in [0.3, 0.4) is 0 Å². The third-order valence-corrected chi connectivity index (χ3v) is 21.1. The van der Waals surface area contributed by atoms with Crippen LogP contribution in [-0.4, -0.2) is 223 Å². The van der Waals surface area contributed by atoms with E-state index in [1.54, 1.807) is 0 Å². The first-order valence-corrected chi connectivity index (χ1v) is 45.8. The van der Waals surface area contributed by atoms with Crippen molar-refractivity contribution in [2.75, 3.05) is 98.5 Å². The van der Waals surface area contributed by atoms with Gasteiger partial charge in [-0.25, -0.2) is 4.79 Å². The van der Waals surface area contributed by atoms with E-state index >= 15 is 0 Å². The van der Waals surface area contributed by atoms with Crippen LogP contribution >= 0.6 is 0 Å². The van der Waals surface area contributed by atoms with Crippen LogP contribution in [-0.2, 0) is 76.3 Å². The molecule has 0 aromatic heterocycles. The van der Waals surface area contributed by atoms with Gasteiger partial charge in [0, 0.05) is 52.0 Å². The lowest BCUT2D eigenvalue weighted by atomic mass is 10.0. The number of carboxylic acids is 5. The van der Waals surface area contributed by atoms with Crippen LogP contribution in [0.25, 0.3) is 0 Å². The highest BCUT2D eigenvalue weighted by Crippen LogP contribution is 2.23. The monoisotopic (exact) mass is 1640 g/mol. The number of carbonyl (C=O) groups excluding carboxylic acids is 5. The van der Waals surface area contributed by atoms with Crippen molar-refractivity contribution in [1.82, 2.24) is 20.0 Å². The Bertz CT molecular complexity index is 2340. The molecule has 0 aromatic carbocycles. The Labute approximate surface area is 693 Å². The van der Waals surface area contributed by atoms with Gasteiger partial charge in [0.15, 0.2) is 6.10 Å². The van der Waals surface area contributed by atoms with Gasteiger partial charge in [0.25, 0.3) is 0 Å². The minimum Gasteiger partial charge on any atom is -0.480 e. The normalized spacial score (nSPS) is 12.5. The van der Waals surface area contributed by atoms with E-state index in [-0.39, 0.29) is 85.0 Å². The van der Waals surface area contributed by atoms with Gasteiger partial charge in [-0.15, -0.1) is 0 Å². The second-order valence-corrected chi connectivity index (χ2v) is 31.7. The van der Waals surface area contributed by atoms with E-state index in [0.29, 0.717) is 25.7 Å². The molecule has 4 unspecified atom stereocenters. The molecule has 4 atom stereocenters. The van der Waals surface area contributed by atoms with Crippen LogP contribution in [0.4, 0.5) is 4.79 Å². The number of nitrogens with zero attached hydrogens (tertiary/aromatic N) is 3. The zero-order valence-electron chi connectivity index (χ0n) is 72.5. The van der Waals surface area contributed by atoms with E-state index in [1.165, 1.54) is 205 Å². The number of amides is 1. The lowest BCUT2D eigenvalue weighted by Crippen LogP contribution is -2.50. The minimum absolute atomic E-state index is 0.0973. The largest absolute Gasteiger partial charge is 0.480 e. The fourth-order valence-corrected chi connectivity index (χ4v) is 14.3. The van der Waals surface area contributed by atoms with Crippen molar-refractivity contribution in [2.45, 2.75) is 412 Å². The van der Waals surface area contributed by atoms with Crippen molar-refractivity contribution >= 4 is 59.8 Å². The number of alkyl carbamates (subject to hydrolysis) is 1. The van der Waals surface area contributed by atoms with E-state index in [0.717, 1.165) is 117 Å². The summed E-state index contributed by atoms with van der Waals surface area (Å²) in [6.45, 7) is 2.69. The molecule has 0 aliphatic carbocycles. The van der Waals surface area contributed by atoms with E-state index in [9.17, 15) is 73.5 Å². The van der Waals surface area contributed by atoms with Gasteiger partial charge in [0.1, 0.15) is 44.7 Å². The fraction of sp³-hybridized carbons (Fsp3) is 0.888. The number of hydrogen-bond acceptors (Lipinski definition) is 20. The summed E-state index contributed by atoms with van der Waals surface area (Å²) in [5.74, 6) is -9.53. The number of carboxylic acid groups (broad SMARTS) is 5. The molecule has 0 bridgehead atoms. The molecule has 1 amide bonds. The number of nitrogens with one attached hydrogen (secondary N) is 1. The molecule has 0 spiro atoms. The molecule has 115 heavy (non-hydrogen) atoms. The fourth-order valence-electron chi connectivity index (χ4n) is 14.3. The predicted molar refractivity (Wildman–Crippen MR) is 449 cm³/mol. The Morgan fingerprint density at radius 3 is 0.922 bits per heavy atom. The smallest absolute Gasteiger partial charge is 0.407 e. The second kappa shape index (κ2) is 80.7. The van der Waals surface area contributed by atoms with Gasteiger partial charge in [-0.3, -0.25) is 57.9 Å². The Morgan fingerprint density at radius 2 is 0.600 bits per heavy atom. The van der Waals surface area contributed by atoms with Crippen molar-refractivity contribution in [1.29, 1.82) is 0 Å². The standard InChI is InChI=1S/C89H164N4O22/c1-5-9-13-17-21-25-29-33-37-41-45-49-53-57-83(102)113-74-77(109-65-56-52-48-44-40-36-32-28-24-20-16-12-8-4)87(78(115-85(104)59-55-51-47-43-39-35-31-27-23-19-15-11-7-3)75-114-84(103)58-54-50-46-42-38-34-30-26-22-18-14-10-6-2)111-67-68-112-89(108)90-60-66-110-86(105)69-76(88(106)107)93(63-61-91(70-79(94)95)71-80(96)97)64-62-92(72-81(98)99)73-82(100)101/h76-78,87H,5-75H2,1-4H3,(H,90,108)(H,94,95)(H,96,97)(H,98,99)(H,100,101)(H,106,107). The molecular weight excluding hydrogens is 1480 g/mol. The summed E-state index contributed by atoms with van der Waals surface area (Å²) in [7, 11) is 0. The molecule has 0 saturated heterocycles. The third-order valence-electron chi connectivity index (χ3n) is 21.1. The molecule has 0 aliphatic heterocycles. The highest BCUT2D eigenvalue weighted by molar-refractivity contribution is 5.81. The van der Waals surface area contributed by atoms with Crippen molar-refractivity contribution in [3.8, 4) is 0 Å². The zero-order chi connectivity index (χ0) is 84.7. The summed E-state index contributed by atoms with van der Waals surface area (Å²) in [6, 6.07) is -1.71. The molecule has 0 saturated carbocycles. The van der Waals surface area contributed by atoms with E-state index in [4.69, 9.17) is 33.2 Å². The molecule has 672 valence electrons. The highest BCUT2D eigenvalue weighted by atomic mass is 16.6. The van der Waals surface area contributed by atoms with Crippen molar-refractivity contribution < 1.29 is 107 Å². The first kappa shape index (κ1) is 109. The van der Waals surface area contributed by atoms with Gasteiger partial charge >= 0.3 is 59.8 Å². The molecule has 26 nitrogen and oxygen atoms in total. The SMILES string of the molecule is CCCCCCCCCCCCCCCOC(COC(=O)CCCCCCCCCCCCCCC)C(OCCOC(=O)NCCOC(=O)CC(C(=O)O)N(CCN(CC(=O)O)CC(=O)O)CCN(CC(=O)O)CC(=O)O)C(COC(=O)CCCCCCCCCCCCCCC)OC(=O)CCCCCCCCCCCCCCC. The Balaban J connectivity index is 6.86. The lowest BCUT2D eigenvalue weighted by molar-refractivity contribution is -0.189. The third kappa shape index (κ3) is 73.2. The first-order valence-electron chi connectivity index (χ1n) is 45.8. The number of ether oxygens (including phenoxy) is 7. The number of esters is 4. The van der Waals surface area contributed by atoms with Gasteiger partial charge in [-0.05, 0) is 25.7 Å². The average molecular weight is 1640 g/mol. The van der Waals surface area contributed by atoms with E-state index in [2.05, 4.69) is 33.0 Å². The van der Waals surface area contributed by atoms with Gasteiger partial charge in [0.2, 0.25) is 0 Å². The molecule has 0 fully saturated rings. The minimum atomic E-state index is -1.71. The highest BCUT2D eigenvalue weighted by Gasteiger charge is 2.37. The van der Waals surface area contributed by atoms with Gasteiger partial charge in [0.05, 0.1) is 45.8 Å². The maximum absolute atomic E-state index is 14.2. The molecule has 0 rings (SSSR count). The molecule has 6 N–H and O–H groups in total. The number of unbranched alkanes of at least 4 members (excludes halogenated alkanes) is 48. The molecule has 0 heterocycles. The number of rotatable bonds is 89. The predicted octanol–water partition coefficient (Wildman–Crippen LogP) is 18.6. The summed E-state index contributed by atoms with van der Waals surface area (Å²) in [4.78, 5) is 130. The van der Waals surface area contributed by atoms with Crippen molar-refractivity contribution in [3.05, 3.63) is 0 Å². The molecule has 0 radical (unpaired) electrons. The lowest BCUT2D eigenvalue weighted by Gasteiger charge is -2.33. The van der Waals surface area contributed by atoms with E-state index in [1.807, 2.05) is 0 Å². The summed E-state index contributed by atoms with van der Waals surface area (Å²) in [5, 5.41) is 50.5.